The Bertz CT molecular complexity index is 451. The Labute approximate surface area is 110 Å². The van der Waals surface area contributed by atoms with E-state index in [9.17, 15) is 10.1 Å². The lowest BCUT2D eigenvalue weighted by Gasteiger charge is -2.09. The lowest BCUT2D eigenvalue weighted by atomic mass is 10.2. The number of rotatable bonds is 5. The fraction of sp³-hybridized carbons (Fsp3) is 0.364. The number of thiocarbonyl (C=S) groups is 1. The molecule has 2 N–H and O–H groups in total. The molecule has 0 aliphatic heterocycles. The smallest absolute Gasteiger partial charge is 0.296 e. The van der Waals surface area contributed by atoms with Gasteiger partial charge in [-0.1, -0.05) is 6.92 Å². The standard InChI is InChI=1S/C11H15N3O3S/c1-3-6-17-8-4-5-9(13-11(18)12-2)10(7-8)14(15)16/h4-5,7H,3,6H2,1-2H3,(H2,12,13,18). The molecule has 1 rings (SSSR count). The van der Waals surface area contributed by atoms with Gasteiger partial charge in [0.05, 0.1) is 17.6 Å². The predicted octanol–water partition coefficient (Wildman–Crippen LogP) is 2.30. The number of nitro groups is 1. The van der Waals surface area contributed by atoms with Gasteiger partial charge < -0.3 is 15.4 Å². The van der Waals surface area contributed by atoms with Gasteiger partial charge >= 0.3 is 0 Å². The summed E-state index contributed by atoms with van der Waals surface area (Å²) in [4.78, 5) is 10.5. The molecular formula is C11H15N3O3S. The van der Waals surface area contributed by atoms with Crippen molar-refractivity contribution in [2.75, 3.05) is 19.0 Å². The van der Waals surface area contributed by atoms with Crippen LogP contribution in [0, 0.1) is 10.1 Å². The Balaban J connectivity index is 2.97. The fourth-order valence-electron chi connectivity index (χ4n) is 1.26. The van der Waals surface area contributed by atoms with E-state index < -0.39 is 4.92 Å². The monoisotopic (exact) mass is 269 g/mol. The summed E-state index contributed by atoms with van der Waals surface area (Å²) in [7, 11) is 1.64. The quantitative estimate of drug-likeness (QED) is 0.485. The Kier molecular flexibility index (Phi) is 5.31. The highest BCUT2D eigenvalue weighted by atomic mass is 32.1. The first-order chi connectivity index (χ1) is 8.58. The number of anilines is 1. The molecule has 0 fully saturated rings. The fourth-order valence-corrected chi connectivity index (χ4v) is 1.37. The van der Waals surface area contributed by atoms with E-state index >= 15 is 0 Å². The zero-order valence-corrected chi connectivity index (χ0v) is 11.0. The van der Waals surface area contributed by atoms with Crippen LogP contribution in [-0.2, 0) is 0 Å². The highest BCUT2D eigenvalue weighted by Gasteiger charge is 2.15. The van der Waals surface area contributed by atoms with E-state index in [1.165, 1.54) is 6.07 Å². The molecule has 0 unspecified atom stereocenters. The molecule has 0 bridgehead atoms. The third-order valence-corrected chi connectivity index (χ3v) is 2.42. The summed E-state index contributed by atoms with van der Waals surface area (Å²) in [5.41, 5.74) is 0.268. The average Bonchev–Trinajstić information content (AvgIpc) is 2.37. The number of nitrogens with one attached hydrogen (secondary N) is 2. The van der Waals surface area contributed by atoms with Gasteiger partial charge in [0, 0.05) is 7.05 Å². The SMILES string of the molecule is CCCOc1ccc(NC(=S)NC)c([N+](=O)[O-])c1. The van der Waals surface area contributed by atoms with Gasteiger partial charge in [0.2, 0.25) is 0 Å². The van der Waals surface area contributed by atoms with Crippen LogP contribution in [0.4, 0.5) is 11.4 Å². The van der Waals surface area contributed by atoms with Crippen LogP contribution in [0.5, 0.6) is 5.75 Å². The molecule has 6 nitrogen and oxygen atoms in total. The molecule has 1 aromatic rings. The number of nitro benzene ring substituents is 1. The van der Waals surface area contributed by atoms with Crippen LogP contribution < -0.4 is 15.4 Å². The van der Waals surface area contributed by atoms with E-state index in [1.54, 1.807) is 19.2 Å². The molecule has 0 saturated heterocycles. The van der Waals surface area contributed by atoms with Crippen molar-refractivity contribution in [2.45, 2.75) is 13.3 Å². The van der Waals surface area contributed by atoms with Crippen LogP contribution in [0.2, 0.25) is 0 Å². The van der Waals surface area contributed by atoms with Crippen molar-refractivity contribution in [1.29, 1.82) is 0 Å². The van der Waals surface area contributed by atoms with Gasteiger partial charge in [0.25, 0.3) is 5.69 Å². The van der Waals surface area contributed by atoms with Crippen LogP contribution in [0.3, 0.4) is 0 Å². The second kappa shape index (κ2) is 6.75. The van der Waals surface area contributed by atoms with Gasteiger partial charge in [-0.05, 0) is 30.8 Å². The Morgan fingerprint density at radius 1 is 1.56 bits per heavy atom. The van der Waals surface area contributed by atoms with Crippen molar-refractivity contribution < 1.29 is 9.66 Å². The maximum atomic E-state index is 11.0. The normalized spacial score (nSPS) is 9.67. The molecule has 7 heteroatoms. The molecule has 0 aliphatic rings. The molecule has 0 radical (unpaired) electrons. The summed E-state index contributed by atoms with van der Waals surface area (Å²) in [6.07, 6.45) is 0.845. The number of benzene rings is 1. The van der Waals surface area contributed by atoms with Crippen molar-refractivity contribution in [3.63, 3.8) is 0 Å². The third-order valence-electron chi connectivity index (χ3n) is 2.11. The topological polar surface area (TPSA) is 76.4 Å². The minimum atomic E-state index is -0.473. The number of nitrogens with zero attached hydrogens (tertiary/aromatic N) is 1. The Hall–Kier alpha value is -1.89. The molecule has 0 aliphatic carbocycles. The van der Waals surface area contributed by atoms with Gasteiger partial charge in [-0.2, -0.15) is 0 Å². The Morgan fingerprint density at radius 3 is 2.83 bits per heavy atom. The lowest BCUT2D eigenvalue weighted by Crippen LogP contribution is -2.24. The van der Waals surface area contributed by atoms with Crippen LogP contribution in [-0.4, -0.2) is 23.7 Å². The largest absolute Gasteiger partial charge is 0.493 e. The van der Waals surface area contributed by atoms with Crippen LogP contribution in [0.1, 0.15) is 13.3 Å². The van der Waals surface area contributed by atoms with E-state index in [0.717, 1.165) is 6.42 Å². The van der Waals surface area contributed by atoms with Gasteiger partial charge in [0.15, 0.2) is 5.11 Å². The first-order valence-corrected chi connectivity index (χ1v) is 5.89. The maximum Gasteiger partial charge on any atom is 0.296 e. The van der Waals surface area contributed by atoms with Crippen molar-refractivity contribution in [2.24, 2.45) is 0 Å². The van der Waals surface area contributed by atoms with Crippen LogP contribution in [0.15, 0.2) is 18.2 Å². The molecule has 98 valence electrons. The van der Waals surface area contributed by atoms with E-state index in [0.29, 0.717) is 23.2 Å². The first kappa shape index (κ1) is 14.2. The molecule has 18 heavy (non-hydrogen) atoms. The predicted molar refractivity (Wildman–Crippen MR) is 74.2 cm³/mol. The lowest BCUT2D eigenvalue weighted by molar-refractivity contribution is -0.384. The van der Waals surface area contributed by atoms with Crippen LogP contribution >= 0.6 is 12.2 Å². The highest BCUT2D eigenvalue weighted by molar-refractivity contribution is 7.80. The van der Waals surface area contributed by atoms with Crippen molar-refractivity contribution >= 4 is 28.7 Å². The Morgan fingerprint density at radius 2 is 2.28 bits per heavy atom. The summed E-state index contributed by atoms with van der Waals surface area (Å²) in [5.74, 6) is 0.476. The van der Waals surface area contributed by atoms with Crippen molar-refractivity contribution in [3.05, 3.63) is 28.3 Å². The molecule has 0 aromatic heterocycles. The summed E-state index contributed by atoms with van der Waals surface area (Å²) >= 11 is 4.91. The average molecular weight is 269 g/mol. The second-order valence-corrected chi connectivity index (χ2v) is 3.90. The maximum absolute atomic E-state index is 11.0. The molecule has 0 heterocycles. The van der Waals surface area contributed by atoms with Gasteiger partial charge in [0.1, 0.15) is 11.4 Å². The summed E-state index contributed by atoms with van der Waals surface area (Å²) in [6, 6.07) is 4.63. The molecule has 0 amide bonds. The van der Waals surface area contributed by atoms with Gasteiger partial charge in [-0.15, -0.1) is 0 Å². The van der Waals surface area contributed by atoms with Gasteiger partial charge in [-0.3, -0.25) is 10.1 Å². The molecule has 0 spiro atoms. The zero-order chi connectivity index (χ0) is 13.5. The van der Waals surface area contributed by atoms with E-state index in [1.807, 2.05) is 6.92 Å². The number of hydrogen-bond donors (Lipinski definition) is 2. The van der Waals surface area contributed by atoms with Crippen LogP contribution in [0.25, 0.3) is 0 Å². The first-order valence-electron chi connectivity index (χ1n) is 5.48. The summed E-state index contributed by atoms with van der Waals surface area (Å²) in [6.45, 7) is 2.49. The van der Waals surface area contributed by atoms with E-state index in [4.69, 9.17) is 17.0 Å². The summed E-state index contributed by atoms with van der Waals surface area (Å²) < 4.78 is 5.35. The minimum absolute atomic E-state index is 0.0683. The van der Waals surface area contributed by atoms with Gasteiger partial charge in [-0.25, -0.2) is 0 Å². The molecule has 0 saturated carbocycles. The molecular weight excluding hydrogens is 254 g/mol. The minimum Gasteiger partial charge on any atom is -0.493 e. The highest BCUT2D eigenvalue weighted by Crippen LogP contribution is 2.29. The third kappa shape index (κ3) is 3.85. The van der Waals surface area contributed by atoms with Crippen molar-refractivity contribution in [3.8, 4) is 5.75 Å². The summed E-state index contributed by atoms with van der Waals surface area (Å²) in [5, 5.41) is 16.7. The van der Waals surface area contributed by atoms with E-state index in [2.05, 4.69) is 10.6 Å². The molecule has 0 atom stereocenters. The molecule has 1 aromatic carbocycles. The van der Waals surface area contributed by atoms with E-state index in [-0.39, 0.29) is 5.69 Å². The van der Waals surface area contributed by atoms with Crippen molar-refractivity contribution in [1.82, 2.24) is 5.32 Å². The zero-order valence-electron chi connectivity index (χ0n) is 10.2. The second-order valence-electron chi connectivity index (χ2n) is 3.49. The number of hydrogen-bond acceptors (Lipinski definition) is 4. The number of ether oxygens (including phenoxy) is 1.